The Morgan fingerprint density at radius 2 is 2.28 bits per heavy atom. The predicted octanol–water partition coefficient (Wildman–Crippen LogP) is 1.83. The van der Waals surface area contributed by atoms with Crippen molar-refractivity contribution in [2.24, 2.45) is 0 Å². The molecule has 0 amide bonds. The Balaban J connectivity index is 2.11. The van der Waals surface area contributed by atoms with Gasteiger partial charge in [-0.1, -0.05) is 18.2 Å². The van der Waals surface area contributed by atoms with Gasteiger partial charge in [-0.25, -0.2) is 14.4 Å². The summed E-state index contributed by atoms with van der Waals surface area (Å²) in [7, 11) is 0. The summed E-state index contributed by atoms with van der Waals surface area (Å²) in [6, 6.07) is 1.67. The number of hydrogen-bond acceptors (Lipinski definition) is 4. The fourth-order valence-corrected chi connectivity index (χ4v) is 2.17. The lowest BCUT2D eigenvalue weighted by atomic mass is 10.2. The number of hydrogen-bond donors (Lipinski definition) is 1. The molecule has 1 fully saturated rings. The summed E-state index contributed by atoms with van der Waals surface area (Å²) in [5.41, 5.74) is 0.449. The van der Waals surface area contributed by atoms with E-state index in [-0.39, 0.29) is 10.9 Å². The molecule has 7 heteroatoms. The van der Waals surface area contributed by atoms with Gasteiger partial charge >= 0.3 is 0 Å². The Hall–Kier alpha value is -1.66. The van der Waals surface area contributed by atoms with Gasteiger partial charge in [-0.3, -0.25) is 4.57 Å². The molecule has 18 heavy (non-hydrogen) atoms. The molecule has 0 saturated carbocycles. The number of ether oxygens (including phenoxy) is 1. The highest BCUT2D eigenvalue weighted by atomic mass is 35.5. The first-order valence-electron chi connectivity index (χ1n) is 5.24. The van der Waals surface area contributed by atoms with Crippen molar-refractivity contribution in [3.05, 3.63) is 36.1 Å². The van der Waals surface area contributed by atoms with Crippen LogP contribution in [-0.2, 0) is 4.74 Å². The fraction of sp³-hybridized carbons (Fsp3) is 0.273. The molecular weight excluding hydrogens is 261 g/mol. The minimum absolute atomic E-state index is 0.00880. The second kappa shape index (κ2) is 3.93. The van der Waals surface area contributed by atoms with Crippen molar-refractivity contribution < 1.29 is 14.2 Å². The van der Waals surface area contributed by atoms with Gasteiger partial charge in [-0.15, -0.1) is 0 Å². The van der Waals surface area contributed by atoms with Gasteiger partial charge in [-0.05, 0) is 6.07 Å². The minimum Gasteiger partial charge on any atom is -0.469 e. The van der Waals surface area contributed by atoms with Crippen molar-refractivity contribution in [2.75, 3.05) is 0 Å². The van der Waals surface area contributed by atoms with Crippen molar-refractivity contribution in [3.63, 3.8) is 0 Å². The highest BCUT2D eigenvalue weighted by molar-refractivity contribution is 6.33. The number of alkyl halides is 1. The zero-order valence-electron chi connectivity index (χ0n) is 9.12. The number of fused-ring (bicyclic) bond motifs is 1. The number of aliphatic hydroxyl groups excluding tert-OH is 1. The highest BCUT2D eigenvalue weighted by Crippen LogP contribution is 2.35. The minimum atomic E-state index is -1.60. The van der Waals surface area contributed by atoms with Gasteiger partial charge in [0.15, 0.2) is 6.17 Å². The van der Waals surface area contributed by atoms with Crippen molar-refractivity contribution in [1.29, 1.82) is 0 Å². The molecule has 1 aliphatic rings. The molecule has 1 aliphatic heterocycles. The molecule has 94 valence electrons. The van der Waals surface area contributed by atoms with Crippen molar-refractivity contribution in [3.8, 4) is 0 Å². The third-order valence-corrected chi connectivity index (χ3v) is 3.21. The molecule has 0 radical (unpaired) electrons. The number of halogens is 2. The average molecular weight is 270 g/mol. The fourth-order valence-electron chi connectivity index (χ4n) is 1.98. The molecule has 3 rings (SSSR count). The molecule has 3 atom stereocenters. The molecular formula is C11H9ClFN3O2. The molecule has 0 bridgehead atoms. The average Bonchev–Trinajstić information content (AvgIpc) is 2.88. The van der Waals surface area contributed by atoms with Gasteiger partial charge in [0.25, 0.3) is 0 Å². The SMILES string of the molecule is C=C1O[C@@H](n2ccc3c(Cl)ncnc32)[C@@H](F)[C@@H]1O. The van der Waals surface area contributed by atoms with Crippen LogP contribution in [0.25, 0.3) is 11.0 Å². The van der Waals surface area contributed by atoms with Crippen LogP contribution >= 0.6 is 11.6 Å². The smallest absolute Gasteiger partial charge is 0.211 e. The molecule has 2 aromatic heterocycles. The Labute approximate surface area is 106 Å². The molecule has 0 spiro atoms. The Kier molecular flexibility index (Phi) is 2.49. The predicted molar refractivity (Wildman–Crippen MR) is 62.7 cm³/mol. The lowest BCUT2D eigenvalue weighted by Crippen LogP contribution is -2.23. The van der Waals surface area contributed by atoms with Crippen molar-refractivity contribution in [1.82, 2.24) is 14.5 Å². The first kappa shape index (κ1) is 11.4. The maximum atomic E-state index is 13.9. The largest absolute Gasteiger partial charge is 0.469 e. The van der Waals surface area contributed by atoms with E-state index in [1.807, 2.05) is 0 Å². The standard InChI is InChI=1S/C11H9ClFN3O2/c1-5-8(17)7(13)11(18-5)16-3-2-6-9(12)14-4-15-10(6)16/h2-4,7-8,11,17H,1H2/t7-,8+,11+/m0/s1. The zero-order chi connectivity index (χ0) is 12.9. The quantitative estimate of drug-likeness (QED) is 0.803. The van der Waals surface area contributed by atoms with Crippen LogP contribution in [0, 0.1) is 0 Å². The third kappa shape index (κ3) is 1.49. The Bertz CT molecular complexity index is 630. The second-order valence-corrected chi connectivity index (χ2v) is 4.35. The van der Waals surface area contributed by atoms with Gasteiger partial charge in [0.1, 0.15) is 29.0 Å². The molecule has 3 heterocycles. The van der Waals surface area contributed by atoms with Crippen LogP contribution in [0.15, 0.2) is 30.9 Å². The van der Waals surface area contributed by atoms with E-state index in [0.717, 1.165) is 0 Å². The summed E-state index contributed by atoms with van der Waals surface area (Å²) in [6.07, 6.45) is -1.04. The van der Waals surface area contributed by atoms with Crippen LogP contribution in [0.1, 0.15) is 6.23 Å². The van der Waals surface area contributed by atoms with E-state index in [1.54, 1.807) is 12.3 Å². The summed E-state index contributed by atoms with van der Waals surface area (Å²) in [4.78, 5) is 7.88. The van der Waals surface area contributed by atoms with E-state index in [9.17, 15) is 9.50 Å². The maximum Gasteiger partial charge on any atom is 0.211 e. The van der Waals surface area contributed by atoms with Gasteiger partial charge < -0.3 is 9.84 Å². The molecule has 2 aromatic rings. The van der Waals surface area contributed by atoms with Gasteiger partial charge in [-0.2, -0.15) is 0 Å². The van der Waals surface area contributed by atoms with Crippen LogP contribution in [0.3, 0.4) is 0 Å². The van der Waals surface area contributed by atoms with E-state index in [1.165, 1.54) is 10.9 Å². The van der Waals surface area contributed by atoms with Crippen LogP contribution in [-0.4, -0.2) is 31.9 Å². The lowest BCUT2D eigenvalue weighted by molar-refractivity contribution is 0.0410. The third-order valence-electron chi connectivity index (χ3n) is 2.91. The van der Waals surface area contributed by atoms with Crippen LogP contribution in [0.2, 0.25) is 5.15 Å². The number of aliphatic hydroxyl groups is 1. The van der Waals surface area contributed by atoms with Gasteiger partial charge in [0.05, 0.1) is 5.39 Å². The number of rotatable bonds is 1. The molecule has 1 saturated heterocycles. The molecule has 0 aliphatic carbocycles. The summed E-state index contributed by atoms with van der Waals surface area (Å²) in [6.45, 7) is 3.46. The summed E-state index contributed by atoms with van der Waals surface area (Å²) >= 11 is 5.90. The Morgan fingerprint density at radius 1 is 1.50 bits per heavy atom. The maximum absolute atomic E-state index is 13.9. The van der Waals surface area contributed by atoms with E-state index in [4.69, 9.17) is 16.3 Å². The van der Waals surface area contributed by atoms with Crippen LogP contribution in [0.5, 0.6) is 0 Å². The van der Waals surface area contributed by atoms with E-state index in [0.29, 0.717) is 11.0 Å². The monoisotopic (exact) mass is 269 g/mol. The second-order valence-electron chi connectivity index (χ2n) is 3.99. The summed E-state index contributed by atoms with van der Waals surface area (Å²) in [5.74, 6) is 0.00880. The normalized spacial score (nSPS) is 27.7. The van der Waals surface area contributed by atoms with E-state index >= 15 is 0 Å². The molecule has 0 unspecified atom stereocenters. The number of aromatic nitrogens is 3. The topological polar surface area (TPSA) is 60.2 Å². The summed E-state index contributed by atoms with van der Waals surface area (Å²) in [5, 5.41) is 10.4. The van der Waals surface area contributed by atoms with E-state index in [2.05, 4.69) is 16.5 Å². The van der Waals surface area contributed by atoms with E-state index < -0.39 is 18.5 Å². The zero-order valence-corrected chi connectivity index (χ0v) is 9.88. The van der Waals surface area contributed by atoms with Crippen molar-refractivity contribution in [2.45, 2.75) is 18.5 Å². The van der Waals surface area contributed by atoms with Crippen LogP contribution < -0.4 is 0 Å². The Morgan fingerprint density at radius 3 is 2.94 bits per heavy atom. The van der Waals surface area contributed by atoms with Gasteiger partial charge in [0.2, 0.25) is 6.23 Å². The first-order chi connectivity index (χ1) is 8.59. The first-order valence-corrected chi connectivity index (χ1v) is 5.62. The molecule has 0 aromatic carbocycles. The summed E-state index contributed by atoms with van der Waals surface area (Å²) < 4.78 is 20.6. The van der Waals surface area contributed by atoms with Gasteiger partial charge in [0, 0.05) is 6.20 Å². The van der Waals surface area contributed by atoms with Crippen molar-refractivity contribution >= 4 is 22.6 Å². The number of nitrogens with zero attached hydrogens (tertiary/aromatic N) is 3. The molecule has 5 nitrogen and oxygen atoms in total. The van der Waals surface area contributed by atoms with Crippen LogP contribution in [0.4, 0.5) is 4.39 Å². The highest BCUT2D eigenvalue weighted by Gasteiger charge is 2.42. The lowest BCUT2D eigenvalue weighted by Gasteiger charge is -2.15. The molecule has 1 N–H and O–H groups in total.